The van der Waals surface area contributed by atoms with E-state index in [1.807, 2.05) is 6.07 Å². The molecular weight excluding hydrogens is 162 g/mol. The predicted molar refractivity (Wildman–Crippen MR) is 56.7 cm³/mol. The maximum Gasteiger partial charge on any atom is 0.0688 e. The first kappa shape index (κ1) is 9.48. The van der Waals surface area contributed by atoms with Crippen molar-refractivity contribution in [3.63, 3.8) is 0 Å². The molecule has 0 aliphatic rings. The molecule has 1 unspecified atom stereocenters. The first-order valence-corrected chi connectivity index (χ1v) is 7.90. The molecule has 0 amide bonds. The molecule has 0 aliphatic carbocycles. The summed E-state index contributed by atoms with van der Waals surface area (Å²) in [4.78, 5) is 0. The van der Waals surface area contributed by atoms with Gasteiger partial charge in [-0.05, 0) is 5.56 Å². The van der Waals surface area contributed by atoms with Crippen molar-refractivity contribution < 1.29 is 0 Å². The molecule has 1 nitrogen and oxygen atoms in total. The Morgan fingerprint density at radius 3 is 2.00 bits per heavy atom. The van der Waals surface area contributed by atoms with Crippen molar-refractivity contribution in [2.24, 2.45) is 5.73 Å². The maximum atomic E-state index is 6.13. The van der Waals surface area contributed by atoms with Crippen molar-refractivity contribution in [2.45, 2.75) is 25.3 Å². The monoisotopic (exact) mass is 179 g/mol. The van der Waals surface area contributed by atoms with E-state index in [4.69, 9.17) is 5.73 Å². The molecule has 0 spiro atoms. The lowest BCUT2D eigenvalue weighted by Gasteiger charge is -2.25. The van der Waals surface area contributed by atoms with E-state index in [1.54, 1.807) is 0 Å². The second-order valence-electron chi connectivity index (χ2n) is 4.25. The fraction of sp³-hybridized carbons (Fsp3) is 0.400. The number of benzene rings is 1. The molecule has 2 heteroatoms. The zero-order valence-electron chi connectivity index (χ0n) is 8.04. The minimum absolute atomic E-state index is 0.263. The molecule has 0 saturated heterocycles. The van der Waals surface area contributed by atoms with Gasteiger partial charge < -0.3 is 5.73 Å². The lowest BCUT2D eigenvalue weighted by atomic mass is 10.2. The summed E-state index contributed by atoms with van der Waals surface area (Å²) in [6, 6.07) is 10.4. The van der Waals surface area contributed by atoms with Crippen LogP contribution in [0.1, 0.15) is 11.2 Å². The van der Waals surface area contributed by atoms with E-state index in [1.165, 1.54) is 5.56 Å². The van der Waals surface area contributed by atoms with Crippen LogP contribution in [0.15, 0.2) is 30.3 Å². The summed E-state index contributed by atoms with van der Waals surface area (Å²) in [5.41, 5.74) is 7.67. The molecule has 0 radical (unpaired) electrons. The largest absolute Gasteiger partial charge is 0.326 e. The van der Waals surface area contributed by atoms with Crippen molar-refractivity contribution in [3.8, 4) is 0 Å². The minimum atomic E-state index is -1.22. The van der Waals surface area contributed by atoms with Crippen LogP contribution in [0.2, 0.25) is 19.6 Å². The van der Waals surface area contributed by atoms with Crippen LogP contribution in [0.25, 0.3) is 0 Å². The van der Waals surface area contributed by atoms with Gasteiger partial charge >= 0.3 is 0 Å². The lowest BCUT2D eigenvalue weighted by molar-refractivity contribution is 0.960. The van der Waals surface area contributed by atoms with E-state index in [2.05, 4.69) is 43.9 Å². The number of rotatable bonds is 2. The van der Waals surface area contributed by atoms with E-state index >= 15 is 0 Å². The third kappa shape index (κ3) is 2.19. The second kappa shape index (κ2) is 3.41. The molecule has 1 atom stereocenters. The molecule has 1 aromatic rings. The van der Waals surface area contributed by atoms with Gasteiger partial charge in [-0.1, -0.05) is 50.0 Å². The fourth-order valence-electron chi connectivity index (χ4n) is 1.16. The highest BCUT2D eigenvalue weighted by Crippen LogP contribution is 2.20. The highest BCUT2D eigenvalue weighted by molar-refractivity contribution is 6.77. The standard InChI is InChI=1S/C10H17NSi/c1-12(2,3)10(11)9-7-5-4-6-8-9/h4-8,10H,11H2,1-3H3. The average Bonchev–Trinajstić information content (AvgIpc) is 2.03. The van der Waals surface area contributed by atoms with Gasteiger partial charge in [-0.3, -0.25) is 0 Å². The average molecular weight is 179 g/mol. The highest BCUT2D eigenvalue weighted by Gasteiger charge is 2.23. The quantitative estimate of drug-likeness (QED) is 0.694. The third-order valence-electron chi connectivity index (χ3n) is 2.09. The number of nitrogens with two attached hydrogens (primary N) is 1. The van der Waals surface area contributed by atoms with E-state index in [9.17, 15) is 0 Å². The van der Waals surface area contributed by atoms with Crippen LogP contribution in [0.4, 0.5) is 0 Å². The van der Waals surface area contributed by atoms with Crippen molar-refractivity contribution in [1.29, 1.82) is 0 Å². The smallest absolute Gasteiger partial charge is 0.0688 e. The summed E-state index contributed by atoms with van der Waals surface area (Å²) in [7, 11) is -1.22. The molecule has 1 rings (SSSR count). The van der Waals surface area contributed by atoms with Crippen LogP contribution >= 0.6 is 0 Å². The summed E-state index contributed by atoms with van der Waals surface area (Å²) in [6.07, 6.45) is 0. The summed E-state index contributed by atoms with van der Waals surface area (Å²) < 4.78 is 0. The molecule has 0 fully saturated rings. The molecule has 0 bridgehead atoms. The van der Waals surface area contributed by atoms with Crippen molar-refractivity contribution in [3.05, 3.63) is 35.9 Å². The molecule has 12 heavy (non-hydrogen) atoms. The van der Waals surface area contributed by atoms with Gasteiger partial charge in [0.05, 0.1) is 8.07 Å². The number of hydrogen-bond donors (Lipinski definition) is 1. The van der Waals surface area contributed by atoms with Gasteiger partial charge in [-0.15, -0.1) is 0 Å². The Kier molecular flexibility index (Phi) is 2.70. The summed E-state index contributed by atoms with van der Waals surface area (Å²) in [5, 5.41) is 0. The Morgan fingerprint density at radius 2 is 1.58 bits per heavy atom. The Morgan fingerprint density at radius 1 is 1.08 bits per heavy atom. The fourth-order valence-corrected chi connectivity index (χ4v) is 2.35. The Labute approximate surface area is 75.6 Å². The van der Waals surface area contributed by atoms with Gasteiger partial charge in [0.25, 0.3) is 0 Å². The molecule has 1 aromatic carbocycles. The van der Waals surface area contributed by atoms with Gasteiger partial charge in [-0.25, -0.2) is 0 Å². The van der Waals surface area contributed by atoms with Crippen LogP contribution in [0.5, 0.6) is 0 Å². The minimum Gasteiger partial charge on any atom is -0.326 e. The maximum absolute atomic E-state index is 6.13. The molecule has 66 valence electrons. The summed E-state index contributed by atoms with van der Waals surface area (Å²) in [6.45, 7) is 6.89. The summed E-state index contributed by atoms with van der Waals surface area (Å²) in [5.74, 6) is 0. The highest BCUT2D eigenvalue weighted by atomic mass is 28.3. The molecular formula is C10H17NSi. The van der Waals surface area contributed by atoms with Gasteiger partial charge in [0.2, 0.25) is 0 Å². The second-order valence-corrected chi connectivity index (χ2v) is 9.61. The molecule has 0 aliphatic heterocycles. The first-order chi connectivity index (χ1) is 5.52. The predicted octanol–water partition coefficient (Wildman–Crippen LogP) is 2.56. The molecule has 0 saturated carbocycles. The third-order valence-corrected chi connectivity index (χ3v) is 4.29. The molecule has 2 N–H and O–H groups in total. The lowest BCUT2D eigenvalue weighted by Crippen LogP contribution is -2.36. The van der Waals surface area contributed by atoms with Gasteiger partial charge in [0.15, 0.2) is 0 Å². The number of hydrogen-bond acceptors (Lipinski definition) is 1. The van der Waals surface area contributed by atoms with Crippen LogP contribution in [0.3, 0.4) is 0 Å². The van der Waals surface area contributed by atoms with Crippen LogP contribution in [0, 0.1) is 0 Å². The Balaban J connectivity index is 2.86. The van der Waals surface area contributed by atoms with Gasteiger partial charge in [0.1, 0.15) is 0 Å². The van der Waals surface area contributed by atoms with E-state index in [-0.39, 0.29) is 5.67 Å². The van der Waals surface area contributed by atoms with Crippen molar-refractivity contribution in [1.82, 2.24) is 0 Å². The van der Waals surface area contributed by atoms with E-state index in [0.29, 0.717) is 0 Å². The van der Waals surface area contributed by atoms with Crippen molar-refractivity contribution >= 4 is 8.07 Å². The molecule has 0 heterocycles. The zero-order valence-corrected chi connectivity index (χ0v) is 9.04. The van der Waals surface area contributed by atoms with E-state index < -0.39 is 8.07 Å². The summed E-state index contributed by atoms with van der Waals surface area (Å²) >= 11 is 0. The van der Waals surface area contributed by atoms with Gasteiger partial charge in [0, 0.05) is 5.67 Å². The normalized spacial score (nSPS) is 14.3. The molecule has 0 aromatic heterocycles. The van der Waals surface area contributed by atoms with Crippen LogP contribution in [-0.4, -0.2) is 8.07 Å². The van der Waals surface area contributed by atoms with Crippen LogP contribution in [-0.2, 0) is 0 Å². The first-order valence-electron chi connectivity index (χ1n) is 4.32. The zero-order chi connectivity index (χ0) is 9.19. The van der Waals surface area contributed by atoms with Crippen LogP contribution < -0.4 is 5.73 Å². The Bertz CT molecular complexity index is 238. The van der Waals surface area contributed by atoms with Gasteiger partial charge in [-0.2, -0.15) is 0 Å². The topological polar surface area (TPSA) is 26.0 Å². The van der Waals surface area contributed by atoms with E-state index in [0.717, 1.165) is 0 Å². The SMILES string of the molecule is C[Si](C)(C)C(N)c1ccccc1. The van der Waals surface area contributed by atoms with Crippen molar-refractivity contribution in [2.75, 3.05) is 0 Å². The Hall–Kier alpha value is -0.603.